The van der Waals surface area contributed by atoms with Gasteiger partial charge in [-0.2, -0.15) is 0 Å². The number of hydrogen-bond donors (Lipinski definition) is 1. The van der Waals surface area contributed by atoms with Crippen molar-refractivity contribution in [1.29, 1.82) is 0 Å². The highest BCUT2D eigenvalue weighted by molar-refractivity contribution is 6.33. The van der Waals surface area contributed by atoms with Gasteiger partial charge in [-0.3, -0.25) is 4.79 Å². The topological polar surface area (TPSA) is 47.6 Å². The third-order valence-corrected chi connectivity index (χ3v) is 3.45. The van der Waals surface area contributed by atoms with Crippen molar-refractivity contribution in [3.05, 3.63) is 21.7 Å². The molecule has 18 heavy (non-hydrogen) atoms. The van der Waals surface area contributed by atoms with Crippen LogP contribution in [0.3, 0.4) is 0 Å². The first-order valence-corrected chi connectivity index (χ1v) is 6.02. The predicted octanol–water partition coefficient (Wildman–Crippen LogP) is 2.26. The van der Waals surface area contributed by atoms with E-state index < -0.39 is 0 Å². The highest BCUT2D eigenvalue weighted by Gasteiger charge is 2.19. The lowest BCUT2D eigenvalue weighted by atomic mass is 9.98. The average Bonchev–Trinajstić information content (AvgIpc) is 2.37. The largest absolute Gasteiger partial charge is 0.493 e. The molecule has 1 aromatic rings. The molecular weight excluding hydrogens is 254 g/mol. The molecule has 0 spiro atoms. The number of ether oxygens (including phenoxy) is 2. The molecule has 0 saturated carbocycles. The molecule has 0 aliphatic heterocycles. The highest BCUT2D eigenvalue weighted by atomic mass is 35.5. The van der Waals surface area contributed by atoms with E-state index in [2.05, 4.69) is 5.32 Å². The molecule has 0 saturated heterocycles. The van der Waals surface area contributed by atoms with Crippen LogP contribution >= 0.6 is 11.6 Å². The first kappa shape index (κ1) is 14.6. The van der Waals surface area contributed by atoms with E-state index in [0.29, 0.717) is 35.9 Å². The first-order chi connectivity index (χ1) is 8.58. The molecule has 0 heterocycles. The molecule has 0 atom stereocenters. The summed E-state index contributed by atoms with van der Waals surface area (Å²) >= 11 is 6.27. The molecule has 1 aromatic carbocycles. The van der Waals surface area contributed by atoms with E-state index in [1.165, 1.54) is 0 Å². The van der Waals surface area contributed by atoms with Crippen LogP contribution in [0.2, 0.25) is 5.02 Å². The number of amides is 1. The molecule has 100 valence electrons. The van der Waals surface area contributed by atoms with Gasteiger partial charge in [-0.25, -0.2) is 0 Å². The number of nitrogens with one attached hydrogen (secondary N) is 1. The molecule has 0 aromatic heterocycles. The zero-order valence-corrected chi connectivity index (χ0v) is 11.9. The van der Waals surface area contributed by atoms with Crippen molar-refractivity contribution in [2.24, 2.45) is 0 Å². The molecule has 4 nitrogen and oxygen atoms in total. The maximum atomic E-state index is 10.3. The van der Waals surface area contributed by atoms with E-state index in [1.54, 1.807) is 14.2 Å². The lowest BCUT2D eigenvalue weighted by Gasteiger charge is -2.19. The summed E-state index contributed by atoms with van der Waals surface area (Å²) in [6, 6.07) is 0. The van der Waals surface area contributed by atoms with Crippen molar-refractivity contribution < 1.29 is 14.3 Å². The summed E-state index contributed by atoms with van der Waals surface area (Å²) in [5, 5.41) is 3.20. The minimum absolute atomic E-state index is 0.557. The number of benzene rings is 1. The van der Waals surface area contributed by atoms with Gasteiger partial charge in [0.25, 0.3) is 0 Å². The quantitative estimate of drug-likeness (QED) is 0.638. The number of carbonyl (C=O) groups excluding carboxylic acids is 1. The summed E-state index contributed by atoms with van der Waals surface area (Å²) in [6.45, 7) is 4.46. The number of rotatable bonds is 6. The van der Waals surface area contributed by atoms with E-state index in [-0.39, 0.29) is 0 Å². The van der Waals surface area contributed by atoms with Crippen molar-refractivity contribution >= 4 is 18.0 Å². The Balaban J connectivity index is 3.25. The van der Waals surface area contributed by atoms with Crippen molar-refractivity contribution in [3.63, 3.8) is 0 Å². The molecule has 1 N–H and O–H groups in total. The summed E-state index contributed by atoms with van der Waals surface area (Å²) in [7, 11) is 3.15. The van der Waals surface area contributed by atoms with Gasteiger partial charge in [-0.1, -0.05) is 11.6 Å². The van der Waals surface area contributed by atoms with E-state index in [1.807, 2.05) is 13.8 Å². The zero-order valence-electron chi connectivity index (χ0n) is 11.1. The standard InChI is InChI=1S/C13H18ClNO3/c1-8-10(5-6-15-7-16)9(2)12(17-3)13(18-4)11(8)14/h7H,5-6H2,1-4H3,(H,15,16). The molecule has 0 aliphatic carbocycles. The minimum atomic E-state index is 0.557. The smallest absolute Gasteiger partial charge is 0.207 e. The Morgan fingerprint density at radius 2 is 1.78 bits per heavy atom. The van der Waals surface area contributed by atoms with Crippen molar-refractivity contribution in [1.82, 2.24) is 5.32 Å². The van der Waals surface area contributed by atoms with Crippen LogP contribution in [0, 0.1) is 13.8 Å². The van der Waals surface area contributed by atoms with Gasteiger partial charge >= 0.3 is 0 Å². The molecule has 0 radical (unpaired) electrons. The second-order valence-electron chi connectivity index (χ2n) is 3.93. The first-order valence-electron chi connectivity index (χ1n) is 5.65. The van der Waals surface area contributed by atoms with E-state index in [9.17, 15) is 4.79 Å². The van der Waals surface area contributed by atoms with Crippen LogP contribution in [0.15, 0.2) is 0 Å². The molecule has 0 unspecified atom stereocenters. The molecule has 0 fully saturated rings. The molecular formula is C13H18ClNO3. The molecule has 0 aliphatic rings. The van der Waals surface area contributed by atoms with Gasteiger partial charge in [0.1, 0.15) is 0 Å². The van der Waals surface area contributed by atoms with Crippen LogP contribution in [0.4, 0.5) is 0 Å². The van der Waals surface area contributed by atoms with Crippen LogP contribution in [-0.4, -0.2) is 27.2 Å². The summed E-state index contributed by atoms with van der Waals surface area (Å²) in [6.07, 6.45) is 1.39. The fourth-order valence-electron chi connectivity index (χ4n) is 2.05. The summed E-state index contributed by atoms with van der Waals surface area (Å²) in [5.74, 6) is 1.20. The van der Waals surface area contributed by atoms with Crippen LogP contribution in [-0.2, 0) is 11.2 Å². The zero-order chi connectivity index (χ0) is 13.7. The van der Waals surface area contributed by atoms with Gasteiger partial charge in [0, 0.05) is 6.54 Å². The Morgan fingerprint density at radius 3 is 2.28 bits per heavy atom. The second kappa shape index (κ2) is 6.50. The normalized spacial score (nSPS) is 10.1. The van der Waals surface area contributed by atoms with Gasteiger partial charge in [0.2, 0.25) is 6.41 Å². The Kier molecular flexibility index (Phi) is 5.28. The van der Waals surface area contributed by atoms with Crippen molar-refractivity contribution in [2.75, 3.05) is 20.8 Å². The average molecular weight is 272 g/mol. The molecule has 1 rings (SSSR count). The Bertz CT molecular complexity index is 447. The van der Waals surface area contributed by atoms with Crippen LogP contribution in [0.5, 0.6) is 11.5 Å². The summed E-state index contributed by atoms with van der Waals surface area (Å²) in [5.41, 5.74) is 3.02. The molecule has 5 heteroatoms. The van der Waals surface area contributed by atoms with Gasteiger partial charge in [0.05, 0.1) is 19.2 Å². The minimum Gasteiger partial charge on any atom is -0.493 e. The molecule has 0 bridgehead atoms. The number of hydrogen-bond acceptors (Lipinski definition) is 3. The fraction of sp³-hybridized carbons (Fsp3) is 0.462. The third-order valence-electron chi connectivity index (χ3n) is 2.99. The maximum Gasteiger partial charge on any atom is 0.207 e. The molecule has 1 amide bonds. The van der Waals surface area contributed by atoms with Crippen LogP contribution < -0.4 is 14.8 Å². The van der Waals surface area contributed by atoms with Crippen LogP contribution in [0.25, 0.3) is 0 Å². The Labute approximate surface area is 112 Å². The summed E-state index contributed by atoms with van der Waals surface area (Å²) < 4.78 is 10.6. The van der Waals surface area contributed by atoms with E-state index >= 15 is 0 Å². The third kappa shape index (κ3) is 2.70. The Morgan fingerprint density at radius 1 is 1.17 bits per heavy atom. The maximum absolute atomic E-state index is 10.3. The predicted molar refractivity (Wildman–Crippen MR) is 71.8 cm³/mol. The Hall–Kier alpha value is -1.42. The van der Waals surface area contributed by atoms with Gasteiger partial charge in [-0.05, 0) is 37.0 Å². The highest BCUT2D eigenvalue weighted by Crippen LogP contribution is 2.42. The lowest BCUT2D eigenvalue weighted by Crippen LogP contribution is -2.16. The van der Waals surface area contributed by atoms with Gasteiger partial charge < -0.3 is 14.8 Å². The van der Waals surface area contributed by atoms with E-state index in [4.69, 9.17) is 21.1 Å². The van der Waals surface area contributed by atoms with Gasteiger partial charge in [0.15, 0.2) is 11.5 Å². The van der Waals surface area contributed by atoms with Crippen molar-refractivity contribution in [2.45, 2.75) is 20.3 Å². The van der Waals surface area contributed by atoms with Crippen molar-refractivity contribution in [3.8, 4) is 11.5 Å². The van der Waals surface area contributed by atoms with E-state index in [0.717, 1.165) is 16.7 Å². The number of carbonyl (C=O) groups is 1. The SMILES string of the molecule is COc1c(C)c(CCNC=O)c(C)c(Cl)c1OC. The summed E-state index contributed by atoms with van der Waals surface area (Å²) in [4.78, 5) is 10.3. The lowest BCUT2D eigenvalue weighted by molar-refractivity contribution is -0.109. The number of halogens is 1. The van der Waals surface area contributed by atoms with Crippen LogP contribution in [0.1, 0.15) is 16.7 Å². The fourth-order valence-corrected chi connectivity index (χ4v) is 2.33. The number of methoxy groups -OCH3 is 2. The van der Waals surface area contributed by atoms with Gasteiger partial charge in [-0.15, -0.1) is 0 Å². The monoisotopic (exact) mass is 271 g/mol. The second-order valence-corrected chi connectivity index (χ2v) is 4.31.